The molecule has 0 aromatic carbocycles. The first-order chi connectivity index (χ1) is 8.45. The van der Waals surface area contributed by atoms with Gasteiger partial charge in [0.2, 0.25) is 0 Å². The van der Waals surface area contributed by atoms with E-state index in [4.69, 9.17) is 20.1 Å². The lowest BCUT2D eigenvalue weighted by atomic mass is 9.99. The molecule has 0 spiro atoms. The summed E-state index contributed by atoms with van der Waals surface area (Å²) >= 11 is 0. The topological polar surface area (TPSA) is 148 Å². The highest BCUT2D eigenvalue weighted by molar-refractivity contribution is 5.83. The molecule has 0 aliphatic rings. The van der Waals surface area contributed by atoms with Crippen LogP contribution in [0.2, 0.25) is 0 Å². The van der Waals surface area contributed by atoms with E-state index in [9.17, 15) is 20.1 Å². The van der Waals surface area contributed by atoms with Gasteiger partial charge in [0.15, 0.2) is 5.78 Å². The molecule has 0 aliphatic carbocycles. The molecule has 0 aromatic rings. The standard InChI is InChI=1S/C10H20O8/c11-2-4-18-3-1-6(13)8(15)10(17)9(16)7(14)5-12/h7-12,14-17H,1-5H2/t7-,8+,9-,10-/m1/s1. The summed E-state index contributed by atoms with van der Waals surface area (Å²) in [5.74, 6) is -0.773. The second kappa shape index (κ2) is 9.34. The molecular formula is C10H20O8. The molecular weight excluding hydrogens is 248 g/mol. The minimum atomic E-state index is -1.89. The molecule has 8 nitrogen and oxygen atoms in total. The van der Waals surface area contributed by atoms with Crippen LogP contribution in [-0.2, 0) is 9.53 Å². The van der Waals surface area contributed by atoms with Crippen molar-refractivity contribution in [1.29, 1.82) is 0 Å². The quantitative estimate of drug-likeness (QED) is 0.223. The lowest BCUT2D eigenvalue weighted by molar-refractivity contribution is -0.147. The van der Waals surface area contributed by atoms with Crippen LogP contribution in [0, 0.1) is 0 Å². The van der Waals surface area contributed by atoms with Gasteiger partial charge >= 0.3 is 0 Å². The van der Waals surface area contributed by atoms with Crippen LogP contribution in [0.15, 0.2) is 0 Å². The van der Waals surface area contributed by atoms with Crippen LogP contribution in [0.1, 0.15) is 6.42 Å². The van der Waals surface area contributed by atoms with E-state index in [-0.39, 0.29) is 26.2 Å². The number of ketones is 1. The minimum Gasteiger partial charge on any atom is -0.394 e. The van der Waals surface area contributed by atoms with Gasteiger partial charge in [0.1, 0.15) is 24.4 Å². The third-order valence-corrected chi connectivity index (χ3v) is 2.31. The van der Waals surface area contributed by atoms with Gasteiger partial charge in [0.25, 0.3) is 0 Å². The van der Waals surface area contributed by atoms with Crippen molar-refractivity contribution in [2.45, 2.75) is 30.8 Å². The number of carbonyl (C=O) groups is 1. The van der Waals surface area contributed by atoms with E-state index < -0.39 is 36.8 Å². The normalized spacial score (nSPS) is 18.1. The van der Waals surface area contributed by atoms with Crippen molar-refractivity contribution in [3.63, 3.8) is 0 Å². The second-order valence-electron chi connectivity index (χ2n) is 3.73. The molecule has 108 valence electrons. The summed E-state index contributed by atoms with van der Waals surface area (Å²) in [6.07, 6.45) is -7.45. The minimum absolute atomic E-state index is 0.0399. The van der Waals surface area contributed by atoms with E-state index in [0.29, 0.717) is 0 Å². The molecule has 0 unspecified atom stereocenters. The summed E-state index contributed by atoms with van der Waals surface area (Å²) in [5.41, 5.74) is 0. The SMILES string of the molecule is O=C(CCOCCO)[C@H](O)[C@@H](O)[C@H](O)[C@H](O)CO. The summed E-state index contributed by atoms with van der Waals surface area (Å²) in [4.78, 5) is 11.4. The van der Waals surface area contributed by atoms with E-state index in [1.807, 2.05) is 0 Å². The molecule has 0 bridgehead atoms. The predicted molar refractivity (Wildman–Crippen MR) is 58.6 cm³/mol. The number of ether oxygens (including phenoxy) is 1. The fourth-order valence-electron chi connectivity index (χ4n) is 1.20. The highest BCUT2D eigenvalue weighted by Crippen LogP contribution is 2.07. The Labute approximate surface area is 104 Å². The molecule has 0 amide bonds. The van der Waals surface area contributed by atoms with Crippen LogP contribution < -0.4 is 0 Å². The molecule has 0 saturated carbocycles. The molecule has 4 atom stereocenters. The zero-order chi connectivity index (χ0) is 14.1. The molecule has 8 heteroatoms. The molecule has 0 saturated heterocycles. The van der Waals surface area contributed by atoms with Crippen LogP contribution in [0.5, 0.6) is 0 Å². The first-order valence-corrected chi connectivity index (χ1v) is 5.50. The van der Waals surface area contributed by atoms with Gasteiger partial charge in [0, 0.05) is 6.42 Å². The first kappa shape index (κ1) is 17.4. The Morgan fingerprint density at radius 2 is 1.61 bits per heavy atom. The molecule has 0 aliphatic heterocycles. The zero-order valence-electron chi connectivity index (χ0n) is 9.84. The van der Waals surface area contributed by atoms with E-state index in [2.05, 4.69) is 0 Å². The Morgan fingerprint density at radius 3 is 2.11 bits per heavy atom. The largest absolute Gasteiger partial charge is 0.394 e. The highest BCUT2D eigenvalue weighted by atomic mass is 16.5. The van der Waals surface area contributed by atoms with E-state index in [0.717, 1.165) is 0 Å². The zero-order valence-corrected chi connectivity index (χ0v) is 9.84. The van der Waals surface area contributed by atoms with Crippen molar-refractivity contribution >= 4 is 5.78 Å². The second-order valence-corrected chi connectivity index (χ2v) is 3.73. The summed E-state index contributed by atoms with van der Waals surface area (Å²) in [5, 5.41) is 54.1. The van der Waals surface area contributed by atoms with Crippen molar-refractivity contribution in [2.24, 2.45) is 0 Å². The molecule has 18 heavy (non-hydrogen) atoms. The van der Waals surface area contributed by atoms with Crippen molar-refractivity contribution in [3.05, 3.63) is 0 Å². The van der Waals surface area contributed by atoms with E-state index in [1.54, 1.807) is 0 Å². The monoisotopic (exact) mass is 268 g/mol. The van der Waals surface area contributed by atoms with Crippen LogP contribution in [0.3, 0.4) is 0 Å². The number of Topliss-reactive ketones (excluding diaryl/α,β-unsaturated/α-hetero) is 1. The Balaban J connectivity index is 4.11. The number of rotatable bonds is 10. The van der Waals surface area contributed by atoms with Crippen molar-refractivity contribution in [2.75, 3.05) is 26.4 Å². The summed E-state index contributed by atoms with van der Waals surface area (Å²) in [6, 6.07) is 0. The van der Waals surface area contributed by atoms with Crippen LogP contribution >= 0.6 is 0 Å². The molecule has 0 rings (SSSR count). The van der Waals surface area contributed by atoms with Gasteiger partial charge in [-0.05, 0) is 0 Å². The van der Waals surface area contributed by atoms with E-state index >= 15 is 0 Å². The van der Waals surface area contributed by atoms with Crippen LogP contribution in [-0.4, -0.2) is 87.3 Å². The maximum atomic E-state index is 11.4. The average molecular weight is 268 g/mol. The maximum Gasteiger partial charge on any atom is 0.166 e. The van der Waals surface area contributed by atoms with Gasteiger partial charge in [-0.25, -0.2) is 0 Å². The van der Waals surface area contributed by atoms with E-state index in [1.165, 1.54) is 0 Å². The Hall–Kier alpha value is -0.610. The fourth-order valence-corrected chi connectivity index (χ4v) is 1.20. The third-order valence-electron chi connectivity index (χ3n) is 2.31. The third kappa shape index (κ3) is 5.83. The lowest BCUT2D eigenvalue weighted by Crippen LogP contribution is -2.48. The maximum absolute atomic E-state index is 11.4. The van der Waals surface area contributed by atoms with Gasteiger partial charge in [-0.1, -0.05) is 0 Å². The van der Waals surface area contributed by atoms with Gasteiger partial charge in [0.05, 0.1) is 26.4 Å². The molecule has 0 radical (unpaired) electrons. The average Bonchev–Trinajstić information content (AvgIpc) is 2.39. The Kier molecular flexibility index (Phi) is 9.02. The molecule has 6 N–H and O–H groups in total. The van der Waals surface area contributed by atoms with Gasteiger partial charge in [-0.15, -0.1) is 0 Å². The van der Waals surface area contributed by atoms with Gasteiger partial charge < -0.3 is 35.4 Å². The number of carbonyl (C=O) groups excluding carboxylic acids is 1. The number of hydrogen-bond acceptors (Lipinski definition) is 8. The van der Waals surface area contributed by atoms with Crippen molar-refractivity contribution in [1.82, 2.24) is 0 Å². The van der Waals surface area contributed by atoms with Crippen LogP contribution in [0.25, 0.3) is 0 Å². The Morgan fingerprint density at radius 1 is 1.00 bits per heavy atom. The fraction of sp³-hybridized carbons (Fsp3) is 0.900. The smallest absolute Gasteiger partial charge is 0.166 e. The molecule has 0 fully saturated rings. The lowest BCUT2D eigenvalue weighted by Gasteiger charge is -2.24. The number of hydrogen-bond donors (Lipinski definition) is 6. The highest BCUT2D eigenvalue weighted by Gasteiger charge is 2.33. The number of aliphatic hydroxyl groups is 6. The first-order valence-electron chi connectivity index (χ1n) is 5.50. The van der Waals surface area contributed by atoms with Crippen molar-refractivity contribution in [3.8, 4) is 0 Å². The summed E-state index contributed by atoms with van der Waals surface area (Å²) < 4.78 is 4.80. The van der Waals surface area contributed by atoms with Crippen molar-refractivity contribution < 1.29 is 40.2 Å². The van der Waals surface area contributed by atoms with Crippen LogP contribution in [0.4, 0.5) is 0 Å². The molecule has 0 aromatic heterocycles. The predicted octanol–water partition coefficient (Wildman–Crippen LogP) is -3.61. The summed E-state index contributed by atoms with van der Waals surface area (Å²) in [7, 11) is 0. The Bertz CT molecular complexity index is 234. The molecule has 0 heterocycles. The number of aliphatic hydroxyl groups excluding tert-OH is 6. The summed E-state index contributed by atoms with van der Waals surface area (Å²) in [6.45, 7) is -0.987. The van der Waals surface area contributed by atoms with Gasteiger partial charge in [-0.3, -0.25) is 4.79 Å². The van der Waals surface area contributed by atoms with Gasteiger partial charge in [-0.2, -0.15) is 0 Å².